The Bertz CT molecular complexity index is 1530. The summed E-state index contributed by atoms with van der Waals surface area (Å²) in [6.45, 7) is 14.0. The first kappa shape index (κ1) is 29.9. The zero-order valence-electron chi connectivity index (χ0n) is 25.5. The molecule has 0 aliphatic carbocycles. The van der Waals surface area contributed by atoms with Crippen LogP contribution in [0.5, 0.6) is 5.75 Å². The predicted molar refractivity (Wildman–Crippen MR) is 165 cm³/mol. The number of fused-ring (bicyclic) bond motifs is 1. The maximum atomic E-state index is 13.2. The van der Waals surface area contributed by atoms with Crippen molar-refractivity contribution in [2.75, 3.05) is 6.61 Å². The largest absolute Gasteiger partial charge is 0.476 e. The smallest absolute Gasteiger partial charge is 0.349 e. The molecule has 1 aromatic heterocycles. The highest BCUT2D eigenvalue weighted by atomic mass is 16.6. The van der Waals surface area contributed by atoms with Crippen molar-refractivity contribution in [1.82, 2.24) is 9.88 Å². The van der Waals surface area contributed by atoms with Crippen LogP contribution in [0.4, 0.5) is 0 Å². The molecule has 1 N–H and O–H groups in total. The lowest BCUT2D eigenvalue weighted by Crippen LogP contribution is -2.39. The Morgan fingerprint density at radius 1 is 0.927 bits per heavy atom. The molecule has 6 nitrogen and oxygen atoms in total. The van der Waals surface area contributed by atoms with Crippen molar-refractivity contribution in [3.8, 4) is 5.75 Å². The van der Waals surface area contributed by atoms with Gasteiger partial charge in [0.1, 0.15) is 5.75 Å². The molecule has 0 spiro atoms. The van der Waals surface area contributed by atoms with Gasteiger partial charge in [0.05, 0.1) is 12.6 Å². The molecule has 0 radical (unpaired) electrons. The number of aromatic nitrogens is 1. The Hall–Kier alpha value is -4.06. The molecular weight excluding hydrogens is 512 g/mol. The first-order chi connectivity index (χ1) is 19.4. The third-order valence-corrected chi connectivity index (χ3v) is 7.78. The van der Waals surface area contributed by atoms with Crippen LogP contribution in [0.15, 0.2) is 66.7 Å². The number of ether oxygens (including phenoxy) is 2. The monoisotopic (exact) mass is 554 g/mol. The Morgan fingerprint density at radius 2 is 1.56 bits per heavy atom. The van der Waals surface area contributed by atoms with E-state index in [0.717, 1.165) is 34.1 Å². The molecular formula is C35H42N2O4. The summed E-state index contributed by atoms with van der Waals surface area (Å²) in [6, 6.07) is 22.1. The van der Waals surface area contributed by atoms with E-state index >= 15 is 0 Å². The summed E-state index contributed by atoms with van der Waals surface area (Å²) in [5.41, 5.74) is 6.46. The molecule has 1 amide bonds. The van der Waals surface area contributed by atoms with E-state index in [0.29, 0.717) is 23.8 Å². The summed E-state index contributed by atoms with van der Waals surface area (Å²) in [7, 11) is 2.04. The summed E-state index contributed by atoms with van der Waals surface area (Å²) in [5, 5.41) is 4.28. The van der Waals surface area contributed by atoms with Gasteiger partial charge in [-0.25, -0.2) is 4.79 Å². The molecule has 6 heteroatoms. The highest BCUT2D eigenvalue weighted by Gasteiger charge is 2.31. The van der Waals surface area contributed by atoms with E-state index in [1.807, 2.05) is 56.4 Å². The fourth-order valence-corrected chi connectivity index (χ4v) is 5.06. The fraction of sp³-hybridized carbons (Fsp3) is 0.371. The molecule has 0 bridgehead atoms. The van der Waals surface area contributed by atoms with E-state index in [2.05, 4.69) is 54.9 Å². The van der Waals surface area contributed by atoms with Crippen molar-refractivity contribution in [3.63, 3.8) is 0 Å². The molecule has 216 valence electrons. The molecule has 0 saturated carbocycles. The number of hydrogen-bond donors (Lipinski definition) is 1. The highest BCUT2D eigenvalue weighted by Crippen LogP contribution is 2.29. The molecule has 1 heterocycles. The third kappa shape index (κ3) is 6.64. The lowest BCUT2D eigenvalue weighted by atomic mass is 9.99. The minimum Gasteiger partial charge on any atom is -0.476 e. The highest BCUT2D eigenvalue weighted by molar-refractivity contribution is 5.99. The van der Waals surface area contributed by atoms with Crippen LogP contribution in [0.3, 0.4) is 0 Å². The minimum absolute atomic E-state index is 0.0888. The van der Waals surface area contributed by atoms with Crippen molar-refractivity contribution >= 4 is 22.8 Å². The van der Waals surface area contributed by atoms with Gasteiger partial charge >= 0.3 is 5.97 Å². The van der Waals surface area contributed by atoms with Gasteiger partial charge in [-0.05, 0) is 93.5 Å². The van der Waals surface area contributed by atoms with Crippen LogP contribution >= 0.6 is 0 Å². The van der Waals surface area contributed by atoms with E-state index in [-0.39, 0.29) is 11.9 Å². The molecule has 0 aliphatic rings. The van der Waals surface area contributed by atoms with Crippen LogP contribution in [0.2, 0.25) is 0 Å². The molecule has 3 aromatic carbocycles. The lowest BCUT2D eigenvalue weighted by Gasteiger charge is -2.24. The molecule has 0 aliphatic heterocycles. The van der Waals surface area contributed by atoms with E-state index in [1.165, 1.54) is 11.1 Å². The summed E-state index contributed by atoms with van der Waals surface area (Å²) in [6.07, 6.45) is 0.736. The zero-order valence-corrected chi connectivity index (χ0v) is 25.5. The number of nitrogens with zero attached hydrogens (tertiary/aromatic N) is 1. The number of amides is 1. The second-order valence-electron chi connectivity index (χ2n) is 11.5. The van der Waals surface area contributed by atoms with Gasteiger partial charge in [0.25, 0.3) is 5.91 Å². The van der Waals surface area contributed by atoms with Gasteiger partial charge in [-0.1, -0.05) is 56.3 Å². The minimum atomic E-state index is -1.07. The van der Waals surface area contributed by atoms with Gasteiger partial charge in [0.15, 0.2) is 5.60 Å². The molecule has 0 saturated heterocycles. The van der Waals surface area contributed by atoms with Crippen LogP contribution < -0.4 is 10.1 Å². The molecule has 0 unspecified atom stereocenters. The predicted octanol–water partition coefficient (Wildman–Crippen LogP) is 7.41. The molecule has 4 rings (SSSR count). The lowest BCUT2D eigenvalue weighted by molar-refractivity contribution is -0.158. The molecule has 0 fully saturated rings. The summed E-state index contributed by atoms with van der Waals surface area (Å²) >= 11 is 0. The Balaban J connectivity index is 1.49. The molecule has 1 atom stereocenters. The van der Waals surface area contributed by atoms with Crippen molar-refractivity contribution in [1.29, 1.82) is 0 Å². The van der Waals surface area contributed by atoms with Gasteiger partial charge < -0.3 is 19.4 Å². The number of benzene rings is 3. The maximum absolute atomic E-state index is 13.2. The van der Waals surface area contributed by atoms with E-state index in [9.17, 15) is 9.59 Å². The van der Waals surface area contributed by atoms with Gasteiger partial charge in [0.2, 0.25) is 0 Å². The van der Waals surface area contributed by atoms with Crippen LogP contribution in [-0.2, 0) is 23.0 Å². The first-order valence-electron chi connectivity index (χ1n) is 14.3. The van der Waals surface area contributed by atoms with Crippen molar-refractivity contribution < 1.29 is 19.1 Å². The van der Waals surface area contributed by atoms with E-state index < -0.39 is 11.6 Å². The number of esters is 1. The van der Waals surface area contributed by atoms with Crippen molar-refractivity contribution in [3.05, 3.63) is 100 Å². The number of carbonyl (C=O) groups is 2. The van der Waals surface area contributed by atoms with Crippen LogP contribution in [0.25, 0.3) is 10.9 Å². The van der Waals surface area contributed by atoms with E-state index in [4.69, 9.17) is 9.47 Å². The Kier molecular flexibility index (Phi) is 8.91. The molecule has 41 heavy (non-hydrogen) atoms. The topological polar surface area (TPSA) is 69.6 Å². The Labute approximate surface area is 243 Å². The maximum Gasteiger partial charge on any atom is 0.349 e. The Morgan fingerprint density at radius 3 is 2.17 bits per heavy atom. The second-order valence-corrected chi connectivity index (χ2v) is 11.5. The van der Waals surface area contributed by atoms with Crippen molar-refractivity contribution in [2.24, 2.45) is 7.05 Å². The van der Waals surface area contributed by atoms with Gasteiger partial charge in [-0.2, -0.15) is 0 Å². The standard InChI is InChI=1S/C35H42N2O4/c1-9-40-34(39)35(6,7)41-29-17-10-25(11-18-29)20-31-24(5)37(8)32-21-28(16-19-30(31)32)33(38)36-23(4)27-14-12-26(13-15-27)22(2)3/h10-19,21-23H,9,20H2,1-8H3,(H,36,38)/t23-/m0/s1. The SMILES string of the molecule is CCOC(=O)C(C)(C)Oc1ccc(Cc2c(C)n(C)c3cc(C(=O)N[C@@H](C)c4ccc(C(C)C)cc4)ccc23)cc1. The van der Waals surface area contributed by atoms with E-state index in [1.54, 1.807) is 20.8 Å². The average Bonchev–Trinajstić information content (AvgIpc) is 3.18. The van der Waals surface area contributed by atoms with Gasteiger partial charge in [0, 0.05) is 29.2 Å². The zero-order chi connectivity index (χ0) is 29.9. The van der Waals surface area contributed by atoms with Crippen LogP contribution in [-0.4, -0.2) is 28.7 Å². The average molecular weight is 555 g/mol. The first-order valence-corrected chi connectivity index (χ1v) is 14.3. The summed E-state index contributed by atoms with van der Waals surface area (Å²) in [5.74, 6) is 0.609. The quantitative estimate of drug-likeness (QED) is 0.207. The van der Waals surface area contributed by atoms with Gasteiger partial charge in [-0.3, -0.25) is 4.79 Å². The van der Waals surface area contributed by atoms with Gasteiger partial charge in [-0.15, -0.1) is 0 Å². The second kappa shape index (κ2) is 12.2. The number of carbonyl (C=O) groups excluding carboxylic acids is 2. The normalized spacial score (nSPS) is 12.4. The number of nitrogens with one attached hydrogen (secondary N) is 1. The summed E-state index contributed by atoms with van der Waals surface area (Å²) in [4.78, 5) is 25.4. The molecule has 4 aromatic rings. The fourth-order valence-electron chi connectivity index (χ4n) is 5.06. The van der Waals surface area contributed by atoms with Crippen LogP contribution in [0.1, 0.15) is 91.8 Å². The number of aryl methyl sites for hydroxylation is 1. The third-order valence-electron chi connectivity index (χ3n) is 7.78. The number of rotatable bonds is 10. The van der Waals surface area contributed by atoms with Crippen LogP contribution in [0, 0.1) is 6.92 Å². The summed E-state index contributed by atoms with van der Waals surface area (Å²) < 4.78 is 13.2. The van der Waals surface area contributed by atoms with Crippen molar-refractivity contribution in [2.45, 2.75) is 72.4 Å². The number of hydrogen-bond acceptors (Lipinski definition) is 4.